The molecular formula is C19H21BrN2O2. The Balaban J connectivity index is 2.05. The van der Waals surface area contributed by atoms with Crippen molar-refractivity contribution in [1.82, 2.24) is 5.43 Å². The van der Waals surface area contributed by atoms with E-state index in [0.29, 0.717) is 12.2 Å². The van der Waals surface area contributed by atoms with Crippen LogP contribution in [-0.4, -0.2) is 18.2 Å². The van der Waals surface area contributed by atoms with Crippen LogP contribution in [0.2, 0.25) is 0 Å². The van der Waals surface area contributed by atoms with Gasteiger partial charge in [-0.3, -0.25) is 4.79 Å². The molecule has 0 unspecified atom stereocenters. The number of hydrazone groups is 1. The van der Waals surface area contributed by atoms with Crippen molar-refractivity contribution in [2.24, 2.45) is 5.10 Å². The van der Waals surface area contributed by atoms with Crippen molar-refractivity contribution in [2.45, 2.75) is 27.2 Å². The molecule has 0 spiro atoms. The largest absolute Gasteiger partial charge is 0.494 e. The predicted molar refractivity (Wildman–Crippen MR) is 101 cm³/mol. The number of aryl methyl sites for hydroxylation is 1. The first-order valence-corrected chi connectivity index (χ1v) is 8.64. The van der Waals surface area contributed by atoms with E-state index in [9.17, 15) is 4.79 Å². The predicted octanol–water partition coefficient (Wildman–Crippen LogP) is 4.70. The molecule has 126 valence electrons. The third kappa shape index (κ3) is 4.93. The summed E-state index contributed by atoms with van der Waals surface area (Å²) in [6, 6.07) is 13.1. The van der Waals surface area contributed by atoms with Crippen LogP contribution in [0.25, 0.3) is 0 Å². The fraction of sp³-hybridized carbons (Fsp3) is 0.263. The second-order valence-corrected chi connectivity index (χ2v) is 6.35. The van der Waals surface area contributed by atoms with Crippen molar-refractivity contribution in [1.29, 1.82) is 0 Å². The van der Waals surface area contributed by atoms with Crippen molar-refractivity contribution < 1.29 is 9.53 Å². The lowest BCUT2D eigenvalue weighted by Gasteiger charge is -2.07. The Hall–Kier alpha value is -2.14. The second kappa shape index (κ2) is 8.64. The van der Waals surface area contributed by atoms with Crippen molar-refractivity contribution in [2.75, 3.05) is 6.61 Å². The summed E-state index contributed by atoms with van der Waals surface area (Å²) in [5.74, 6) is 0.511. The number of hydrogen-bond acceptors (Lipinski definition) is 3. The standard InChI is InChI=1S/C19H21BrN2O2/c1-4-11-24-16-8-6-15(7-9-16)19(23)22-21-14(3)17-12-13(2)5-10-18(17)20/h5-10,12H,4,11H2,1-3H3,(H,22,23)/b21-14+. The molecule has 0 radical (unpaired) electrons. The molecule has 2 aromatic carbocycles. The molecule has 5 heteroatoms. The van der Waals surface area contributed by atoms with Crippen LogP contribution in [0.5, 0.6) is 5.75 Å². The average molecular weight is 389 g/mol. The van der Waals surface area contributed by atoms with E-state index in [2.05, 4.69) is 33.4 Å². The first kappa shape index (κ1) is 18.2. The van der Waals surface area contributed by atoms with Gasteiger partial charge in [0.2, 0.25) is 0 Å². The number of carbonyl (C=O) groups is 1. The highest BCUT2D eigenvalue weighted by molar-refractivity contribution is 9.10. The van der Waals surface area contributed by atoms with Crippen molar-refractivity contribution in [3.05, 3.63) is 63.6 Å². The van der Waals surface area contributed by atoms with E-state index in [1.165, 1.54) is 0 Å². The van der Waals surface area contributed by atoms with E-state index < -0.39 is 0 Å². The van der Waals surface area contributed by atoms with Crippen LogP contribution < -0.4 is 10.2 Å². The SMILES string of the molecule is CCCOc1ccc(C(=O)N/N=C(\C)c2cc(C)ccc2Br)cc1. The number of nitrogens with zero attached hydrogens (tertiary/aromatic N) is 1. The third-order valence-electron chi connectivity index (χ3n) is 3.43. The average Bonchev–Trinajstić information content (AvgIpc) is 2.60. The molecule has 24 heavy (non-hydrogen) atoms. The number of benzene rings is 2. The summed E-state index contributed by atoms with van der Waals surface area (Å²) in [7, 11) is 0. The van der Waals surface area contributed by atoms with Crippen LogP contribution in [0.4, 0.5) is 0 Å². The van der Waals surface area contributed by atoms with Crippen LogP contribution >= 0.6 is 15.9 Å². The lowest BCUT2D eigenvalue weighted by Crippen LogP contribution is -2.19. The Kier molecular flexibility index (Phi) is 6.55. The van der Waals surface area contributed by atoms with Gasteiger partial charge in [0.1, 0.15) is 5.75 Å². The van der Waals surface area contributed by atoms with Crippen LogP contribution in [-0.2, 0) is 0 Å². The van der Waals surface area contributed by atoms with E-state index in [1.54, 1.807) is 24.3 Å². The van der Waals surface area contributed by atoms with Crippen molar-refractivity contribution in [3.8, 4) is 5.75 Å². The molecule has 0 bridgehead atoms. The molecule has 2 rings (SSSR count). The van der Waals surface area contributed by atoms with Gasteiger partial charge in [0.25, 0.3) is 5.91 Å². The maximum atomic E-state index is 12.2. The van der Waals surface area contributed by atoms with Gasteiger partial charge in [0.05, 0.1) is 12.3 Å². The van der Waals surface area contributed by atoms with Gasteiger partial charge in [-0.25, -0.2) is 5.43 Å². The summed E-state index contributed by atoms with van der Waals surface area (Å²) in [6.07, 6.45) is 0.949. The zero-order chi connectivity index (χ0) is 17.5. The van der Waals surface area contributed by atoms with Gasteiger partial charge in [0.15, 0.2) is 0 Å². The number of halogens is 1. The van der Waals surface area contributed by atoms with E-state index >= 15 is 0 Å². The Bertz CT molecular complexity index is 740. The lowest BCUT2D eigenvalue weighted by atomic mass is 10.1. The Morgan fingerprint density at radius 2 is 1.92 bits per heavy atom. The van der Waals surface area contributed by atoms with Crippen LogP contribution in [0.1, 0.15) is 41.8 Å². The number of rotatable bonds is 6. The lowest BCUT2D eigenvalue weighted by molar-refractivity contribution is 0.0955. The molecular weight excluding hydrogens is 368 g/mol. The molecule has 2 aromatic rings. The smallest absolute Gasteiger partial charge is 0.271 e. The monoisotopic (exact) mass is 388 g/mol. The van der Waals surface area contributed by atoms with Gasteiger partial charge in [-0.2, -0.15) is 5.10 Å². The summed E-state index contributed by atoms with van der Waals surface area (Å²) < 4.78 is 6.45. The molecule has 1 N–H and O–H groups in total. The quantitative estimate of drug-likeness (QED) is 0.575. The maximum Gasteiger partial charge on any atom is 0.271 e. The van der Waals surface area contributed by atoms with Crippen molar-refractivity contribution >= 4 is 27.5 Å². The van der Waals surface area contributed by atoms with E-state index in [0.717, 1.165) is 33.5 Å². The zero-order valence-corrected chi connectivity index (χ0v) is 15.7. The number of amides is 1. The first-order valence-electron chi connectivity index (χ1n) is 7.85. The van der Waals surface area contributed by atoms with Crippen molar-refractivity contribution in [3.63, 3.8) is 0 Å². The summed E-state index contributed by atoms with van der Waals surface area (Å²) in [6.45, 7) is 6.60. The minimum absolute atomic E-state index is 0.250. The molecule has 4 nitrogen and oxygen atoms in total. The molecule has 0 heterocycles. The number of nitrogens with one attached hydrogen (secondary N) is 1. The molecule has 0 aliphatic carbocycles. The number of carbonyl (C=O) groups excluding carboxylic acids is 1. The fourth-order valence-corrected chi connectivity index (χ4v) is 2.63. The van der Waals surface area contributed by atoms with Gasteiger partial charge in [-0.05, 0) is 56.7 Å². The maximum absolute atomic E-state index is 12.2. The van der Waals surface area contributed by atoms with Crippen LogP contribution in [0, 0.1) is 6.92 Å². The normalized spacial score (nSPS) is 11.2. The highest BCUT2D eigenvalue weighted by atomic mass is 79.9. The first-order chi connectivity index (χ1) is 11.5. The van der Waals surface area contributed by atoms with Gasteiger partial charge in [0, 0.05) is 15.6 Å². The second-order valence-electron chi connectivity index (χ2n) is 5.49. The topological polar surface area (TPSA) is 50.7 Å². The Morgan fingerprint density at radius 1 is 1.21 bits per heavy atom. The van der Waals surface area contributed by atoms with Crippen LogP contribution in [0.3, 0.4) is 0 Å². The summed E-state index contributed by atoms with van der Waals surface area (Å²) in [5, 5.41) is 4.20. The third-order valence-corrected chi connectivity index (χ3v) is 4.12. The summed E-state index contributed by atoms with van der Waals surface area (Å²) >= 11 is 3.50. The highest BCUT2D eigenvalue weighted by Gasteiger charge is 2.07. The highest BCUT2D eigenvalue weighted by Crippen LogP contribution is 2.19. The molecule has 1 amide bonds. The van der Waals surface area contributed by atoms with E-state index in [4.69, 9.17) is 4.74 Å². The zero-order valence-electron chi connectivity index (χ0n) is 14.1. The number of ether oxygens (including phenoxy) is 1. The van der Waals surface area contributed by atoms with Crippen LogP contribution in [0.15, 0.2) is 52.0 Å². The van der Waals surface area contributed by atoms with Gasteiger partial charge in [-0.15, -0.1) is 0 Å². The van der Waals surface area contributed by atoms with Gasteiger partial charge < -0.3 is 4.74 Å². The molecule has 0 aliphatic heterocycles. The molecule has 0 atom stereocenters. The molecule has 0 saturated carbocycles. The molecule has 0 aliphatic rings. The van der Waals surface area contributed by atoms with Gasteiger partial charge in [-0.1, -0.05) is 34.5 Å². The molecule has 0 saturated heterocycles. The fourth-order valence-electron chi connectivity index (χ4n) is 2.10. The Morgan fingerprint density at radius 3 is 2.58 bits per heavy atom. The Labute approximate surface area is 151 Å². The minimum Gasteiger partial charge on any atom is -0.494 e. The van der Waals surface area contributed by atoms with E-state index in [1.807, 2.05) is 32.0 Å². The summed E-state index contributed by atoms with van der Waals surface area (Å²) in [4.78, 5) is 12.2. The minimum atomic E-state index is -0.250. The van der Waals surface area contributed by atoms with Gasteiger partial charge >= 0.3 is 0 Å². The number of hydrogen-bond donors (Lipinski definition) is 1. The van der Waals surface area contributed by atoms with E-state index in [-0.39, 0.29) is 5.91 Å². The molecule has 0 fully saturated rings. The summed E-state index contributed by atoms with van der Waals surface area (Å²) in [5.41, 5.74) is 5.97. The molecule has 0 aromatic heterocycles.